The fraction of sp³-hybridized carbons (Fsp3) is 0.111. The van der Waals surface area contributed by atoms with Crippen molar-refractivity contribution in [1.29, 1.82) is 0 Å². The topological polar surface area (TPSA) is 90.1 Å². The summed E-state index contributed by atoms with van der Waals surface area (Å²) in [5.41, 5.74) is -1.87. The lowest BCUT2D eigenvalue weighted by Gasteiger charge is -2.13. The molecule has 0 radical (unpaired) electrons. The van der Waals surface area contributed by atoms with E-state index in [2.05, 4.69) is 10.3 Å². The second-order valence-corrected chi connectivity index (χ2v) is 7.26. The summed E-state index contributed by atoms with van der Waals surface area (Å²) < 4.78 is 41.3. The van der Waals surface area contributed by atoms with E-state index in [9.17, 15) is 28.1 Å². The van der Waals surface area contributed by atoms with Crippen molar-refractivity contribution >= 4 is 40.6 Å². The standard InChI is InChI=1S/C18H12ClF3N4O3S/c19-11-2-1-3-12(8-11)25-7-6-23-17(25)30-10-16(27)24-15-5-4-13(26(28)29)9-14(15)18(20,21)22/h1-9H,10H2,(H,24,27). The molecule has 7 nitrogen and oxygen atoms in total. The quantitative estimate of drug-likeness (QED) is 0.313. The van der Waals surface area contributed by atoms with Gasteiger partial charge in [-0.05, 0) is 24.3 Å². The summed E-state index contributed by atoms with van der Waals surface area (Å²) in [6.07, 6.45) is -1.70. The van der Waals surface area contributed by atoms with Gasteiger partial charge < -0.3 is 5.32 Å². The van der Waals surface area contributed by atoms with Crippen LogP contribution in [0.15, 0.2) is 60.0 Å². The normalized spacial score (nSPS) is 11.3. The van der Waals surface area contributed by atoms with Gasteiger partial charge in [-0.15, -0.1) is 0 Å². The van der Waals surface area contributed by atoms with Gasteiger partial charge in [-0.25, -0.2) is 4.98 Å². The van der Waals surface area contributed by atoms with Crippen LogP contribution in [-0.4, -0.2) is 26.1 Å². The summed E-state index contributed by atoms with van der Waals surface area (Å²) >= 11 is 6.99. The van der Waals surface area contributed by atoms with Gasteiger partial charge in [0.25, 0.3) is 5.69 Å². The van der Waals surface area contributed by atoms with Crippen LogP contribution in [0.5, 0.6) is 0 Å². The van der Waals surface area contributed by atoms with Gasteiger partial charge in [0.05, 0.1) is 21.9 Å². The third-order valence-electron chi connectivity index (χ3n) is 3.82. The number of imidazole rings is 1. The van der Waals surface area contributed by atoms with Gasteiger partial charge in [0, 0.05) is 35.2 Å². The van der Waals surface area contributed by atoms with Crippen LogP contribution in [0.3, 0.4) is 0 Å². The van der Waals surface area contributed by atoms with E-state index in [4.69, 9.17) is 11.6 Å². The van der Waals surface area contributed by atoms with Gasteiger partial charge >= 0.3 is 6.18 Å². The van der Waals surface area contributed by atoms with Gasteiger partial charge in [0.2, 0.25) is 5.91 Å². The molecule has 12 heteroatoms. The smallest absolute Gasteiger partial charge is 0.325 e. The molecule has 0 spiro atoms. The van der Waals surface area contributed by atoms with Crippen LogP contribution in [0, 0.1) is 10.1 Å². The molecule has 0 aliphatic heterocycles. The predicted molar refractivity (Wildman–Crippen MR) is 106 cm³/mol. The maximum absolute atomic E-state index is 13.2. The minimum atomic E-state index is -4.87. The first-order valence-corrected chi connectivity index (χ1v) is 9.59. The highest BCUT2D eigenvalue weighted by Crippen LogP contribution is 2.37. The van der Waals surface area contributed by atoms with Crippen LogP contribution in [-0.2, 0) is 11.0 Å². The molecule has 0 bridgehead atoms. The summed E-state index contributed by atoms with van der Waals surface area (Å²) in [6, 6.07) is 9.05. The molecular weight excluding hydrogens is 445 g/mol. The second-order valence-electron chi connectivity index (χ2n) is 5.88. The van der Waals surface area contributed by atoms with E-state index >= 15 is 0 Å². The molecule has 30 heavy (non-hydrogen) atoms. The predicted octanol–water partition coefficient (Wildman–Crippen LogP) is 5.18. The molecule has 1 heterocycles. The summed E-state index contributed by atoms with van der Waals surface area (Å²) in [7, 11) is 0. The first-order chi connectivity index (χ1) is 14.1. The third-order valence-corrected chi connectivity index (χ3v) is 5.02. The number of thioether (sulfide) groups is 1. The zero-order valence-electron chi connectivity index (χ0n) is 14.9. The Morgan fingerprint density at radius 3 is 2.70 bits per heavy atom. The Hall–Kier alpha value is -3.05. The lowest BCUT2D eigenvalue weighted by molar-refractivity contribution is -0.385. The number of hydrogen-bond donors (Lipinski definition) is 1. The van der Waals surface area contributed by atoms with Crippen molar-refractivity contribution in [3.8, 4) is 5.69 Å². The zero-order chi connectivity index (χ0) is 21.9. The van der Waals surface area contributed by atoms with Crippen LogP contribution in [0.4, 0.5) is 24.5 Å². The lowest BCUT2D eigenvalue weighted by Crippen LogP contribution is -2.18. The van der Waals surface area contributed by atoms with Crippen LogP contribution in [0.1, 0.15) is 5.56 Å². The van der Waals surface area contributed by atoms with Crippen molar-refractivity contribution in [2.45, 2.75) is 11.3 Å². The van der Waals surface area contributed by atoms with Gasteiger partial charge in [-0.2, -0.15) is 13.2 Å². The van der Waals surface area contributed by atoms with E-state index in [1.807, 2.05) is 0 Å². The third kappa shape index (κ3) is 5.10. The molecule has 1 aromatic heterocycles. The molecule has 0 aliphatic carbocycles. The van der Waals surface area contributed by atoms with Gasteiger partial charge in [0.15, 0.2) is 5.16 Å². The number of rotatable bonds is 6. The SMILES string of the molecule is O=C(CSc1nccn1-c1cccc(Cl)c1)Nc1ccc([N+](=O)[O-])cc1C(F)(F)F. The summed E-state index contributed by atoms with van der Waals surface area (Å²) in [6.45, 7) is 0. The van der Waals surface area contributed by atoms with E-state index in [0.717, 1.165) is 23.9 Å². The number of nitro benzene ring substituents is 1. The van der Waals surface area contributed by atoms with E-state index in [1.54, 1.807) is 35.0 Å². The first-order valence-electron chi connectivity index (χ1n) is 8.23. The number of anilines is 1. The molecular formula is C18H12ClF3N4O3S. The Bertz CT molecular complexity index is 1100. The highest BCUT2D eigenvalue weighted by atomic mass is 35.5. The molecule has 1 N–H and O–H groups in total. The highest BCUT2D eigenvalue weighted by Gasteiger charge is 2.35. The average Bonchev–Trinajstić information content (AvgIpc) is 3.14. The molecule has 0 fully saturated rings. The number of alkyl halides is 3. The highest BCUT2D eigenvalue weighted by molar-refractivity contribution is 7.99. The number of non-ortho nitro benzene ring substituents is 1. The minimum absolute atomic E-state index is 0.230. The van der Waals surface area contributed by atoms with Crippen molar-refractivity contribution in [3.63, 3.8) is 0 Å². The number of amides is 1. The van der Waals surface area contributed by atoms with Gasteiger partial charge in [-0.1, -0.05) is 29.4 Å². The van der Waals surface area contributed by atoms with Crippen molar-refractivity contribution in [2.24, 2.45) is 0 Å². The monoisotopic (exact) mass is 456 g/mol. The second kappa shape index (κ2) is 8.76. The van der Waals surface area contributed by atoms with Gasteiger partial charge in [-0.3, -0.25) is 19.5 Å². The number of carbonyl (C=O) groups is 1. The lowest BCUT2D eigenvalue weighted by atomic mass is 10.1. The fourth-order valence-corrected chi connectivity index (χ4v) is 3.48. The molecule has 3 aromatic rings. The van der Waals surface area contributed by atoms with E-state index in [-0.39, 0.29) is 5.75 Å². The van der Waals surface area contributed by atoms with Crippen molar-refractivity contribution in [2.75, 3.05) is 11.1 Å². The maximum Gasteiger partial charge on any atom is 0.418 e. The number of nitro groups is 1. The van der Waals surface area contributed by atoms with Crippen LogP contribution < -0.4 is 5.32 Å². The molecule has 1 amide bonds. The number of hydrogen-bond acceptors (Lipinski definition) is 5. The van der Waals surface area contributed by atoms with Crippen molar-refractivity contribution in [3.05, 3.63) is 75.6 Å². The molecule has 0 atom stereocenters. The Morgan fingerprint density at radius 2 is 2.03 bits per heavy atom. The number of nitrogens with one attached hydrogen (secondary N) is 1. The summed E-state index contributed by atoms with van der Waals surface area (Å²) in [5, 5.41) is 13.8. The van der Waals surface area contributed by atoms with Crippen LogP contribution >= 0.6 is 23.4 Å². The Kier molecular flexibility index (Phi) is 6.32. The molecule has 3 rings (SSSR count). The van der Waals surface area contributed by atoms with E-state index < -0.39 is 33.9 Å². The van der Waals surface area contributed by atoms with Crippen LogP contribution in [0.2, 0.25) is 5.02 Å². The fourth-order valence-electron chi connectivity index (χ4n) is 2.52. The Labute approximate surface area is 177 Å². The number of carbonyl (C=O) groups excluding carboxylic acids is 1. The van der Waals surface area contributed by atoms with E-state index in [1.165, 1.54) is 6.20 Å². The molecule has 0 aliphatic rings. The minimum Gasteiger partial charge on any atom is -0.325 e. The van der Waals surface area contributed by atoms with E-state index in [0.29, 0.717) is 21.9 Å². The van der Waals surface area contributed by atoms with Crippen molar-refractivity contribution in [1.82, 2.24) is 9.55 Å². The molecule has 0 saturated carbocycles. The number of benzene rings is 2. The average molecular weight is 457 g/mol. The van der Waals surface area contributed by atoms with Gasteiger partial charge in [0.1, 0.15) is 0 Å². The molecule has 156 valence electrons. The summed E-state index contributed by atoms with van der Waals surface area (Å²) in [5.74, 6) is -0.953. The maximum atomic E-state index is 13.2. The number of halogens is 4. The van der Waals surface area contributed by atoms with Crippen molar-refractivity contribution < 1.29 is 22.9 Å². The first kappa shape index (κ1) is 21.7. The molecule has 0 saturated heterocycles. The molecule has 2 aromatic carbocycles. The number of aromatic nitrogens is 2. The number of nitrogens with zero attached hydrogens (tertiary/aromatic N) is 3. The Balaban J connectivity index is 1.74. The van der Waals surface area contributed by atoms with Crippen LogP contribution in [0.25, 0.3) is 5.69 Å². The Morgan fingerprint density at radius 1 is 1.27 bits per heavy atom. The molecule has 0 unspecified atom stereocenters. The zero-order valence-corrected chi connectivity index (χ0v) is 16.5. The summed E-state index contributed by atoms with van der Waals surface area (Å²) in [4.78, 5) is 26.2. The largest absolute Gasteiger partial charge is 0.418 e.